The maximum Gasteiger partial charge on any atom is 0.326 e. The number of aryl methyl sites for hydroxylation is 1. The minimum absolute atomic E-state index is 0.304. The van der Waals surface area contributed by atoms with E-state index < -0.39 is 12.0 Å². The molecule has 0 aliphatic rings. The molecule has 0 aliphatic heterocycles. The number of rotatable bonds is 8. The molecule has 1 atom stereocenters. The monoisotopic (exact) mass is 281 g/mol. The quantitative estimate of drug-likeness (QED) is 0.715. The molecule has 4 nitrogen and oxygen atoms in total. The lowest BCUT2D eigenvalue weighted by Gasteiger charge is -2.12. The highest BCUT2D eigenvalue weighted by Crippen LogP contribution is 2.09. The topological polar surface area (TPSA) is 66.4 Å². The molecular formula is C14H19NO3S. The average molecular weight is 281 g/mol. The molecule has 0 radical (unpaired) electrons. The summed E-state index contributed by atoms with van der Waals surface area (Å²) in [6, 6.07) is 9.40. The number of aliphatic carboxylic acids is 1. The van der Waals surface area contributed by atoms with Crippen molar-refractivity contribution in [3.8, 4) is 0 Å². The number of nitrogens with one attached hydrogen (secondary N) is 1. The summed E-state index contributed by atoms with van der Waals surface area (Å²) in [6.07, 6.45) is 1.43. The van der Waals surface area contributed by atoms with Gasteiger partial charge in [0.15, 0.2) is 0 Å². The fraction of sp³-hybridized carbons (Fsp3) is 0.429. The molecule has 0 saturated carbocycles. The smallest absolute Gasteiger partial charge is 0.326 e. The van der Waals surface area contributed by atoms with Crippen LogP contribution in [0.2, 0.25) is 0 Å². The lowest BCUT2D eigenvalue weighted by atomic mass is 10.2. The third-order valence-corrected chi connectivity index (χ3v) is 3.62. The maximum atomic E-state index is 10.9. The number of carboxylic acids is 1. The Morgan fingerprint density at radius 2 is 1.95 bits per heavy atom. The molecule has 1 aromatic rings. The van der Waals surface area contributed by atoms with E-state index >= 15 is 0 Å². The predicted octanol–water partition coefficient (Wildman–Crippen LogP) is 1.94. The van der Waals surface area contributed by atoms with Crippen molar-refractivity contribution in [3.05, 3.63) is 35.9 Å². The highest BCUT2D eigenvalue weighted by Gasteiger charge is 2.17. The Labute approximate surface area is 117 Å². The van der Waals surface area contributed by atoms with Crippen molar-refractivity contribution < 1.29 is 14.7 Å². The first-order valence-corrected chi connectivity index (χ1v) is 7.36. The lowest BCUT2D eigenvalue weighted by Crippen LogP contribution is -2.39. The molecule has 1 amide bonds. The van der Waals surface area contributed by atoms with Crippen LogP contribution in [0.5, 0.6) is 0 Å². The number of carbonyl (C=O) groups is 2. The number of carboxylic acid groups (broad SMARTS) is 1. The van der Waals surface area contributed by atoms with E-state index in [0.717, 1.165) is 17.9 Å². The van der Waals surface area contributed by atoms with Crippen LogP contribution in [0.3, 0.4) is 0 Å². The average Bonchev–Trinajstić information content (AvgIpc) is 2.37. The summed E-state index contributed by atoms with van der Waals surface area (Å²) in [7, 11) is 0. The predicted molar refractivity (Wildman–Crippen MR) is 77.3 cm³/mol. The largest absolute Gasteiger partial charge is 0.480 e. The fourth-order valence-corrected chi connectivity index (χ4v) is 2.63. The minimum Gasteiger partial charge on any atom is -0.480 e. The zero-order valence-corrected chi connectivity index (χ0v) is 11.8. The van der Waals surface area contributed by atoms with Crippen LogP contribution in [0.15, 0.2) is 30.3 Å². The Bertz CT molecular complexity index is 408. The highest BCUT2D eigenvalue weighted by atomic mass is 32.2. The minimum atomic E-state index is -0.973. The molecule has 0 aliphatic carbocycles. The van der Waals surface area contributed by atoms with Gasteiger partial charge >= 0.3 is 5.97 Å². The molecule has 2 N–H and O–H groups in total. The Hall–Kier alpha value is -1.49. The SMILES string of the molecule is CC(=O)NC(CCSCCc1ccccc1)C(=O)O. The molecule has 0 fully saturated rings. The van der Waals surface area contributed by atoms with Gasteiger partial charge in [0.2, 0.25) is 5.91 Å². The summed E-state index contributed by atoms with van der Waals surface area (Å²) in [5.74, 6) is 0.404. The standard InChI is InChI=1S/C14H19NO3S/c1-11(16)15-13(14(17)18)8-10-19-9-7-12-5-3-2-4-6-12/h2-6,13H,7-10H2,1H3,(H,15,16)(H,17,18). The molecule has 19 heavy (non-hydrogen) atoms. The third kappa shape index (κ3) is 6.86. The summed E-state index contributed by atoms with van der Waals surface area (Å²) < 4.78 is 0. The molecule has 0 heterocycles. The van der Waals surface area contributed by atoms with Gasteiger partial charge in [-0.25, -0.2) is 4.79 Å². The Kier molecular flexibility index (Phi) is 7.03. The molecule has 1 rings (SSSR count). The number of carbonyl (C=O) groups excluding carboxylic acids is 1. The van der Waals surface area contributed by atoms with Gasteiger partial charge < -0.3 is 10.4 Å². The van der Waals surface area contributed by atoms with Crippen LogP contribution in [0.1, 0.15) is 18.9 Å². The second-order valence-corrected chi connectivity index (χ2v) is 5.45. The molecule has 0 bridgehead atoms. The van der Waals surface area contributed by atoms with Crippen LogP contribution >= 0.6 is 11.8 Å². The third-order valence-electron chi connectivity index (χ3n) is 2.60. The molecule has 1 unspecified atom stereocenters. The van der Waals surface area contributed by atoms with Crippen molar-refractivity contribution in [2.45, 2.75) is 25.8 Å². The van der Waals surface area contributed by atoms with Crippen molar-refractivity contribution in [1.29, 1.82) is 0 Å². The second kappa shape index (κ2) is 8.58. The summed E-state index contributed by atoms with van der Waals surface area (Å²) >= 11 is 1.71. The summed E-state index contributed by atoms with van der Waals surface area (Å²) in [5, 5.41) is 11.4. The second-order valence-electron chi connectivity index (χ2n) is 4.23. The van der Waals surface area contributed by atoms with Crippen molar-refractivity contribution in [1.82, 2.24) is 5.32 Å². The first-order chi connectivity index (χ1) is 9.09. The van der Waals surface area contributed by atoms with E-state index in [-0.39, 0.29) is 5.91 Å². The van der Waals surface area contributed by atoms with E-state index in [2.05, 4.69) is 17.4 Å². The maximum absolute atomic E-state index is 10.9. The summed E-state index contributed by atoms with van der Waals surface area (Å²) in [5.41, 5.74) is 1.28. The van der Waals surface area contributed by atoms with Crippen LogP contribution in [-0.2, 0) is 16.0 Å². The number of hydrogen-bond acceptors (Lipinski definition) is 3. The number of hydrogen-bond donors (Lipinski definition) is 2. The van der Waals surface area contributed by atoms with E-state index in [9.17, 15) is 9.59 Å². The number of amides is 1. The van der Waals surface area contributed by atoms with Crippen molar-refractivity contribution >= 4 is 23.6 Å². The van der Waals surface area contributed by atoms with E-state index in [4.69, 9.17) is 5.11 Å². The molecule has 0 aromatic heterocycles. The van der Waals surface area contributed by atoms with Crippen LogP contribution in [0.25, 0.3) is 0 Å². The van der Waals surface area contributed by atoms with Gasteiger partial charge in [-0.2, -0.15) is 11.8 Å². The fourth-order valence-electron chi connectivity index (χ4n) is 1.64. The molecule has 0 saturated heterocycles. The van der Waals surface area contributed by atoms with Gasteiger partial charge in [0, 0.05) is 6.92 Å². The van der Waals surface area contributed by atoms with Gasteiger partial charge in [0.25, 0.3) is 0 Å². The summed E-state index contributed by atoms with van der Waals surface area (Å²) in [6.45, 7) is 1.33. The lowest BCUT2D eigenvalue weighted by molar-refractivity contribution is -0.141. The van der Waals surface area contributed by atoms with Crippen LogP contribution in [-0.4, -0.2) is 34.5 Å². The van der Waals surface area contributed by atoms with Crippen LogP contribution in [0.4, 0.5) is 0 Å². The van der Waals surface area contributed by atoms with Crippen LogP contribution < -0.4 is 5.32 Å². The first kappa shape index (κ1) is 15.6. The number of benzene rings is 1. The highest BCUT2D eigenvalue weighted by molar-refractivity contribution is 7.99. The van der Waals surface area contributed by atoms with Crippen LogP contribution in [0, 0.1) is 0 Å². The zero-order chi connectivity index (χ0) is 14.1. The Morgan fingerprint density at radius 3 is 2.53 bits per heavy atom. The van der Waals surface area contributed by atoms with E-state index in [1.807, 2.05) is 18.2 Å². The van der Waals surface area contributed by atoms with E-state index in [1.165, 1.54) is 12.5 Å². The van der Waals surface area contributed by atoms with Gasteiger partial charge in [-0.15, -0.1) is 0 Å². The normalized spacial score (nSPS) is 11.8. The number of thioether (sulfide) groups is 1. The molecule has 5 heteroatoms. The van der Waals surface area contributed by atoms with Gasteiger partial charge in [-0.1, -0.05) is 30.3 Å². The molecule has 104 valence electrons. The first-order valence-electron chi connectivity index (χ1n) is 6.21. The molecule has 1 aromatic carbocycles. The Balaban J connectivity index is 2.18. The van der Waals surface area contributed by atoms with Gasteiger partial charge in [0.1, 0.15) is 6.04 Å². The van der Waals surface area contributed by atoms with E-state index in [1.54, 1.807) is 11.8 Å². The van der Waals surface area contributed by atoms with Crippen molar-refractivity contribution in [3.63, 3.8) is 0 Å². The van der Waals surface area contributed by atoms with Gasteiger partial charge in [0.05, 0.1) is 0 Å². The van der Waals surface area contributed by atoms with Crippen molar-refractivity contribution in [2.75, 3.05) is 11.5 Å². The summed E-state index contributed by atoms with van der Waals surface area (Å²) in [4.78, 5) is 21.7. The Morgan fingerprint density at radius 1 is 1.26 bits per heavy atom. The van der Waals surface area contributed by atoms with Gasteiger partial charge in [-0.05, 0) is 29.9 Å². The zero-order valence-electron chi connectivity index (χ0n) is 11.0. The molecule has 0 spiro atoms. The van der Waals surface area contributed by atoms with E-state index in [0.29, 0.717) is 6.42 Å². The van der Waals surface area contributed by atoms with Gasteiger partial charge in [-0.3, -0.25) is 4.79 Å². The van der Waals surface area contributed by atoms with Crippen molar-refractivity contribution in [2.24, 2.45) is 0 Å². The molecular weight excluding hydrogens is 262 g/mol.